The molecule has 1 N–H and O–H groups in total. The molecule has 2 rings (SSSR count). The fraction of sp³-hybridized carbons (Fsp3) is 0.357. The summed E-state index contributed by atoms with van der Waals surface area (Å²) in [6.45, 7) is 4.90. The van der Waals surface area contributed by atoms with Crippen LogP contribution in [0.15, 0.2) is 24.4 Å². The number of aryl methyl sites for hydroxylation is 1. The lowest BCUT2D eigenvalue weighted by Crippen LogP contribution is -2.22. The molecular weight excluding hydrogens is 283 g/mol. The maximum atomic E-state index is 13.5. The number of nitrogens with zero attached hydrogens (tertiary/aromatic N) is 1. The molecule has 0 radical (unpaired) electrons. The smallest absolute Gasteiger partial charge is 0.142 e. The van der Waals surface area contributed by atoms with Crippen LogP contribution in [0.4, 0.5) is 4.39 Å². The first kappa shape index (κ1) is 14.4. The normalized spacial score (nSPS) is 12.6. The molecule has 0 aliphatic carbocycles. The van der Waals surface area contributed by atoms with E-state index in [0.717, 1.165) is 23.5 Å². The Morgan fingerprint density at radius 1 is 1.47 bits per heavy atom. The Bertz CT molecular complexity index is 556. The van der Waals surface area contributed by atoms with Gasteiger partial charge in [-0.05, 0) is 37.6 Å². The number of benzene rings is 1. The molecule has 1 aromatic carbocycles. The van der Waals surface area contributed by atoms with Gasteiger partial charge in [0.25, 0.3) is 0 Å². The Hall–Kier alpha value is -0.970. The average Bonchev–Trinajstić information content (AvgIpc) is 2.80. The molecule has 102 valence electrons. The average molecular weight is 299 g/mol. The lowest BCUT2D eigenvalue weighted by molar-refractivity contribution is 0.554. The Balaban J connectivity index is 2.18. The largest absolute Gasteiger partial charge is 0.309 e. The minimum atomic E-state index is -0.366. The Morgan fingerprint density at radius 2 is 2.26 bits per heavy atom. The number of aromatic nitrogens is 1. The maximum Gasteiger partial charge on any atom is 0.142 e. The predicted octanol–water partition coefficient (Wildman–Crippen LogP) is 4.14. The van der Waals surface area contributed by atoms with Crippen molar-refractivity contribution in [3.8, 4) is 0 Å². The van der Waals surface area contributed by atoms with Crippen molar-refractivity contribution in [3.63, 3.8) is 0 Å². The van der Waals surface area contributed by atoms with Gasteiger partial charge >= 0.3 is 0 Å². The summed E-state index contributed by atoms with van der Waals surface area (Å²) in [4.78, 5) is 5.45. The molecule has 2 aromatic rings. The fourth-order valence-electron chi connectivity index (χ4n) is 1.96. The molecule has 0 saturated carbocycles. The number of nitrogens with one attached hydrogen (secondary N) is 1. The van der Waals surface area contributed by atoms with Gasteiger partial charge in [0.2, 0.25) is 0 Å². The minimum absolute atomic E-state index is 0.164. The standard InChI is InChI=1S/C14H16ClFN2S/c1-3-17-13(14-8-18-9(2)19-14)7-10-4-5-11(15)12(16)6-10/h4-6,8,13,17H,3,7H2,1-2H3. The van der Waals surface area contributed by atoms with Crippen LogP contribution in [0.1, 0.15) is 28.4 Å². The first-order chi connectivity index (χ1) is 9.10. The molecule has 0 aliphatic heterocycles. The number of halogens is 2. The Labute approximate surface area is 121 Å². The maximum absolute atomic E-state index is 13.5. The number of likely N-dealkylation sites (N-methyl/N-ethyl adjacent to an activating group) is 1. The summed E-state index contributed by atoms with van der Waals surface area (Å²) in [5.41, 5.74) is 0.930. The van der Waals surface area contributed by atoms with Crippen molar-refractivity contribution in [2.45, 2.75) is 26.3 Å². The van der Waals surface area contributed by atoms with Gasteiger partial charge in [0.05, 0.1) is 10.0 Å². The summed E-state index contributed by atoms with van der Waals surface area (Å²) >= 11 is 7.37. The number of rotatable bonds is 5. The third kappa shape index (κ3) is 3.75. The topological polar surface area (TPSA) is 24.9 Å². The van der Waals surface area contributed by atoms with Crippen molar-refractivity contribution in [1.29, 1.82) is 0 Å². The third-order valence-electron chi connectivity index (χ3n) is 2.86. The molecule has 0 amide bonds. The minimum Gasteiger partial charge on any atom is -0.309 e. The van der Waals surface area contributed by atoms with Gasteiger partial charge < -0.3 is 5.32 Å². The summed E-state index contributed by atoms with van der Waals surface area (Å²) in [6.07, 6.45) is 2.61. The fourth-order valence-corrected chi connectivity index (χ4v) is 2.94. The van der Waals surface area contributed by atoms with Crippen LogP contribution in [0.3, 0.4) is 0 Å². The van der Waals surface area contributed by atoms with Crippen molar-refractivity contribution in [3.05, 3.63) is 50.7 Å². The zero-order chi connectivity index (χ0) is 13.8. The van der Waals surface area contributed by atoms with E-state index < -0.39 is 0 Å². The molecule has 1 aromatic heterocycles. The molecule has 2 nitrogen and oxygen atoms in total. The molecule has 0 spiro atoms. The van der Waals surface area contributed by atoms with Crippen LogP contribution >= 0.6 is 22.9 Å². The van der Waals surface area contributed by atoms with Gasteiger partial charge in [0.15, 0.2) is 0 Å². The van der Waals surface area contributed by atoms with Gasteiger partial charge in [-0.2, -0.15) is 0 Å². The van der Waals surface area contributed by atoms with E-state index in [1.54, 1.807) is 17.4 Å². The monoisotopic (exact) mass is 298 g/mol. The summed E-state index contributed by atoms with van der Waals surface area (Å²) in [6, 6.07) is 5.13. The van der Waals surface area contributed by atoms with E-state index >= 15 is 0 Å². The van der Waals surface area contributed by atoms with Crippen LogP contribution < -0.4 is 5.32 Å². The summed E-state index contributed by atoms with van der Waals surface area (Å²) < 4.78 is 13.5. The van der Waals surface area contributed by atoms with Crippen LogP contribution in [-0.4, -0.2) is 11.5 Å². The summed E-state index contributed by atoms with van der Waals surface area (Å²) in [5, 5.41) is 4.62. The van der Waals surface area contributed by atoms with Gasteiger partial charge in [0, 0.05) is 17.1 Å². The van der Waals surface area contributed by atoms with Gasteiger partial charge in [-0.1, -0.05) is 24.6 Å². The van der Waals surface area contributed by atoms with Crippen LogP contribution in [0, 0.1) is 12.7 Å². The lowest BCUT2D eigenvalue weighted by Gasteiger charge is -2.16. The lowest BCUT2D eigenvalue weighted by atomic mass is 10.0. The van der Waals surface area contributed by atoms with E-state index in [0.29, 0.717) is 0 Å². The van der Waals surface area contributed by atoms with Crippen molar-refractivity contribution < 1.29 is 4.39 Å². The zero-order valence-electron chi connectivity index (χ0n) is 10.9. The van der Waals surface area contributed by atoms with Crippen LogP contribution in [0.5, 0.6) is 0 Å². The van der Waals surface area contributed by atoms with Crippen molar-refractivity contribution in [2.24, 2.45) is 0 Å². The third-order valence-corrected chi connectivity index (χ3v) is 4.19. The Kier molecular flexibility index (Phi) is 4.91. The highest BCUT2D eigenvalue weighted by molar-refractivity contribution is 7.11. The van der Waals surface area contributed by atoms with E-state index in [2.05, 4.69) is 17.2 Å². The SMILES string of the molecule is CCNC(Cc1ccc(Cl)c(F)c1)c1cnc(C)s1. The first-order valence-electron chi connectivity index (χ1n) is 6.19. The predicted molar refractivity (Wildman–Crippen MR) is 78.4 cm³/mol. The molecule has 0 bridgehead atoms. The quantitative estimate of drug-likeness (QED) is 0.897. The highest BCUT2D eigenvalue weighted by atomic mass is 35.5. The number of hydrogen-bond donors (Lipinski definition) is 1. The van der Waals surface area contributed by atoms with E-state index in [-0.39, 0.29) is 16.9 Å². The van der Waals surface area contributed by atoms with E-state index in [9.17, 15) is 4.39 Å². The van der Waals surface area contributed by atoms with E-state index in [1.807, 2.05) is 19.2 Å². The second-order valence-corrected chi connectivity index (χ2v) is 6.02. The van der Waals surface area contributed by atoms with E-state index in [4.69, 9.17) is 11.6 Å². The number of thiazole rings is 1. The van der Waals surface area contributed by atoms with Gasteiger partial charge in [-0.25, -0.2) is 9.37 Å². The number of hydrogen-bond acceptors (Lipinski definition) is 3. The molecule has 0 aliphatic rings. The zero-order valence-corrected chi connectivity index (χ0v) is 12.5. The molecule has 1 heterocycles. The summed E-state index contributed by atoms with van der Waals surface area (Å²) in [5.74, 6) is -0.366. The van der Waals surface area contributed by atoms with Gasteiger partial charge in [0.1, 0.15) is 5.82 Å². The highest BCUT2D eigenvalue weighted by Gasteiger charge is 2.14. The molecule has 5 heteroatoms. The van der Waals surface area contributed by atoms with E-state index in [1.165, 1.54) is 10.9 Å². The van der Waals surface area contributed by atoms with Gasteiger partial charge in [-0.15, -0.1) is 11.3 Å². The molecule has 19 heavy (non-hydrogen) atoms. The first-order valence-corrected chi connectivity index (χ1v) is 7.39. The molecule has 0 saturated heterocycles. The summed E-state index contributed by atoms with van der Waals surface area (Å²) in [7, 11) is 0. The van der Waals surface area contributed by atoms with Crippen molar-refractivity contribution in [2.75, 3.05) is 6.54 Å². The van der Waals surface area contributed by atoms with Gasteiger partial charge in [-0.3, -0.25) is 0 Å². The van der Waals surface area contributed by atoms with Crippen molar-refractivity contribution >= 4 is 22.9 Å². The molecular formula is C14H16ClFN2S. The molecule has 1 unspecified atom stereocenters. The van der Waals surface area contributed by atoms with Crippen molar-refractivity contribution in [1.82, 2.24) is 10.3 Å². The van der Waals surface area contributed by atoms with Crippen LogP contribution in [0.25, 0.3) is 0 Å². The molecule has 1 atom stereocenters. The van der Waals surface area contributed by atoms with Crippen LogP contribution in [0.2, 0.25) is 5.02 Å². The Morgan fingerprint density at radius 3 is 2.84 bits per heavy atom. The molecule has 0 fully saturated rings. The highest BCUT2D eigenvalue weighted by Crippen LogP contribution is 2.25. The van der Waals surface area contributed by atoms with Crippen LogP contribution in [-0.2, 0) is 6.42 Å². The second kappa shape index (κ2) is 6.46. The second-order valence-electron chi connectivity index (χ2n) is 4.34.